The van der Waals surface area contributed by atoms with Crippen molar-refractivity contribution in [3.05, 3.63) is 0 Å². The molecular weight excluding hydrogens is 212 g/mol. The molecule has 3 N–H and O–H groups in total. The van der Waals surface area contributed by atoms with Crippen LogP contribution in [0.25, 0.3) is 0 Å². The van der Waals surface area contributed by atoms with E-state index in [0.717, 1.165) is 0 Å². The van der Waals surface area contributed by atoms with Gasteiger partial charge >= 0.3 is 0 Å². The van der Waals surface area contributed by atoms with E-state index in [1.165, 1.54) is 32.1 Å². The molecule has 2 atom stereocenters. The highest BCUT2D eigenvalue weighted by atomic mass is 16.2. The van der Waals surface area contributed by atoms with Gasteiger partial charge in [0.05, 0.1) is 6.04 Å². The Balaban J connectivity index is 2.44. The quantitative estimate of drug-likeness (QED) is 0.796. The van der Waals surface area contributed by atoms with Crippen LogP contribution in [0.2, 0.25) is 0 Å². The summed E-state index contributed by atoms with van der Waals surface area (Å²) in [6.07, 6.45) is 6.43. The van der Waals surface area contributed by atoms with Crippen molar-refractivity contribution >= 4 is 5.91 Å². The van der Waals surface area contributed by atoms with E-state index in [9.17, 15) is 4.79 Å². The zero-order valence-electron chi connectivity index (χ0n) is 11.8. The average molecular weight is 240 g/mol. The minimum Gasteiger partial charge on any atom is -0.352 e. The maximum absolute atomic E-state index is 12.0. The molecule has 0 radical (unpaired) electrons. The highest BCUT2D eigenvalue weighted by Gasteiger charge is 2.29. The Labute approximate surface area is 106 Å². The zero-order valence-corrected chi connectivity index (χ0v) is 11.8. The number of hydrogen-bond donors (Lipinski definition) is 2. The van der Waals surface area contributed by atoms with E-state index in [2.05, 4.69) is 12.2 Å². The minimum absolute atomic E-state index is 0.00410. The van der Waals surface area contributed by atoms with E-state index in [1.54, 1.807) is 0 Å². The molecule has 0 spiro atoms. The lowest BCUT2D eigenvalue weighted by molar-refractivity contribution is -0.125. The van der Waals surface area contributed by atoms with Crippen LogP contribution in [0.3, 0.4) is 0 Å². The first-order valence-electron chi connectivity index (χ1n) is 6.88. The van der Waals surface area contributed by atoms with Crippen molar-refractivity contribution < 1.29 is 4.79 Å². The standard InChI is InChI=1S/C14H28N2O/c1-10(11-8-6-5-7-9-11)16-13(17)12(15)14(2,3)4/h10-12H,5-9,15H2,1-4H3,(H,16,17)/t10-,12+/m0/s1. The van der Waals surface area contributed by atoms with Crippen LogP contribution in [0.1, 0.15) is 59.8 Å². The third-order valence-electron chi connectivity index (χ3n) is 3.94. The summed E-state index contributed by atoms with van der Waals surface area (Å²) in [5.41, 5.74) is 5.79. The van der Waals surface area contributed by atoms with Crippen molar-refractivity contribution in [3.8, 4) is 0 Å². The van der Waals surface area contributed by atoms with Crippen molar-refractivity contribution in [2.75, 3.05) is 0 Å². The second-order valence-corrected chi connectivity index (χ2v) is 6.54. The molecule has 1 fully saturated rings. The summed E-state index contributed by atoms with van der Waals surface area (Å²) in [7, 11) is 0. The van der Waals surface area contributed by atoms with Crippen molar-refractivity contribution in [2.45, 2.75) is 71.9 Å². The van der Waals surface area contributed by atoms with Gasteiger partial charge in [-0.25, -0.2) is 0 Å². The molecule has 100 valence electrons. The van der Waals surface area contributed by atoms with Gasteiger partial charge in [0.2, 0.25) is 5.91 Å². The maximum Gasteiger partial charge on any atom is 0.237 e. The summed E-state index contributed by atoms with van der Waals surface area (Å²) in [5.74, 6) is 0.635. The second kappa shape index (κ2) is 5.85. The second-order valence-electron chi connectivity index (χ2n) is 6.54. The Bertz CT molecular complexity index is 251. The van der Waals surface area contributed by atoms with Crippen LogP contribution in [-0.2, 0) is 4.79 Å². The van der Waals surface area contributed by atoms with Gasteiger partial charge in [-0.2, -0.15) is 0 Å². The minimum atomic E-state index is -0.423. The van der Waals surface area contributed by atoms with Gasteiger partial charge in [-0.05, 0) is 31.1 Å². The molecule has 0 aromatic heterocycles. The summed E-state index contributed by atoms with van der Waals surface area (Å²) in [4.78, 5) is 12.0. The Morgan fingerprint density at radius 3 is 2.24 bits per heavy atom. The fourth-order valence-electron chi connectivity index (χ4n) is 2.46. The van der Waals surface area contributed by atoms with E-state index in [-0.39, 0.29) is 17.4 Å². The predicted molar refractivity (Wildman–Crippen MR) is 71.6 cm³/mol. The van der Waals surface area contributed by atoms with Gasteiger partial charge in [0, 0.05) is 6.04 Å². The fourth-order valence-corrected chi connectivity index (χ4v) is 2.46. The van der Waals surface area contributed by atoms with Crippen LogP contribution < -0.4 is 11.1 Å². The van der Waals surface area contributed by atoms with E-state index < -0.39 is 6.04 Å². The summed E-state index contributed by atoms with van der Waals surface area (Å²) >= 11 is 0. The van der Waals surface area contributed by atoms with Crippen LogP contribution in [0, 0.1) is 11.3 Å². The molecule has 0 aromatic carbocycles. The largest absolute Gasteiger partial charge is 0.352 e. The fraction of sp³-hybridized carbons (Fsp3) is 0.929. The van der Waals surface area contributed by atoms with Gasteiger partial charge in [0.25, 0.3) is 0 Å². The molecule has 1 aliphatic carbocycles. The molecular formula is C14H28N2O. The van der Waals surface area contributed by atoms with Crippen LogP contribution in [0.4, 0.5) is 0 Å². The van der Waals surface area contributed by atoms with Gasteiger partial charge in [-0.1, -0.05) is 40.0 Å². The van der Waals surface area contributed by atoms with E-state index in [4.69, 9.17) is 5.73 Å². The molecule has 0 unspecified atom stereocenters. The Morgan fingerprint density at radius 1 is 1.24 bits per heavy atom. The summed E-state index contributed by atoms with van der Waals surface area (Å²) in [6.45, 7) is 8.12. The van der Waals surface area contributed by atoms with Gasteiger partial charge in [0.1, 0.15) is 0 Å². The lowest BCUT2D eigenvalue weighted by Gasteiger charge is -2.31. The van der Waals surface area contributed by atoms with Crippen LogP contribution in [0.15, 0.2) is 0 Å². The molecule has 0 bridgehead atoms. The first-order valence-corrected chi connectivity index (χ1v) is 6.88. The van der Waals surface area contributed by atoms with Crippen molar-refractivity contribution in [2.24, 2.45) is 17.1 Å². The molecule has 1 amide bonds. The zero-order chi connectivity index (χ0) is 13.1. The van der Waals surface area contributed by atoms with E-state index in [0.29, 0.717) is 5.92 Å². The molecule has 0 aromatic rings. The number of rotatable bonds is 3. The topological polar surface area (TPSA) is 55.1 Å². The molecule has 1 aliphatic rings. The summed E-state index contributed by atoms with van der Waals surface area (Å²) in [6, 6.07) is -0.162. The lowest BCUT2D eigenvalue weighted by atomic mass is 9.83. The number of amides is 1. The Kier molecular flexibility index (Phi) is 4.99. The molecule has 1 saturated carbocycles. The number of nitrogens with two attached hydrogens (primary N) is 1. The van der Waals surface area contributed by atoms with Crippen LogP contribution >= 0.6 is 0 Å². The molecule has 3 nitrogen and oxygen atoms in total. The molecule has 17 heavy (non-hydrogen) atoms. The van der Waals surface area contributed by atoms with Gasteiger partial charge in [-0.3, -0.25) is 4.79 Å². The van der Waals surface area contributed by atoms with Crippen LogP contribution in [-0.4, -0.2) is 18.0 Å². The number of carbonyl (C=O) groups is 1. The normalized spacial score (nSPS) is 21.9. The SMILES string of the molecule is C[C@H](NC(=O)[C@@H](N)C(C)(C)C)C1CCCCC1. The first-order chi connectivity index (χ1) is 7.82. The van der Waals surface area contributed by atoms with Gasteiger partial charge < -0.3 is 11.1 Å². The van der Waals surface area contributed by atoms with Crippen molar-refractivity contribution in [1.82, 2.24) is 5.32 Å². The van der Waals surface area contributed by atoms with E-state index >= 15 is 0 Å². The summed E-state index contributed by atoms with van der Waals surface area (Å²) < 4.78 is 0. The Hall–Kier alpha value is -0.570. The predicted octanol–water partition coefficient (Wildman–Crippen LogP) is 2.44. The smallest absolute Gasteiger partial charge is 0.237 e. The molecule has 1 rings (SSSR count). The number of nitrogens with one attached hydrogen (secondary N) is 1. The van der Waals surface area contributed by atoms with Crippen molar-refractivity contribution in [1.29, 1.82) is 0 Å². The van der Waals surface area contributed by atoms with Crippen LogP contribution in [0.5, 0.6) is 0 Å². The summed E-state index contributed by atoms with van der Waals surface area (Å²) in [5, 5.41) is 3.09. The number of carbonyl (C=O) groups excluding carboxylic acids is 1. The monoisotopic (exact) mass is 240 g/mol. The lowest BCUT2D eigenvalue weighted by Crippen LogP contribution is -2.52. The van der Waals surface area contributed by atoms with Gasteiger partial charge in [-0.15, -0.1) is 0 Å². The average Bonchev–Trinajstić information content (AvgIpc) is 2.27. The van der Waals surface area contributed by atoms with E-state index in [1.807, 2.05) is 20.8 Å². The highest BCUT2D eigenvalue weighted by Crippen LogP contribution is 2.26. The maximum atomic E-state index is 12.0. The first kappa shape index (κ1) is 14.5. The molecule has 0 heterocycles. The van der Waals surface area contributed by atoms with Crippen molar-refractivity contribution in [3.63, 3.8) is 0 Å². The number of hydrogen-bond acceptors (Lipinski definition) is 2. The third kappa shape index (κ3) is 4.30. The highest BCUT2D eigenvalue weighted by molar-refractivity contribution is 5.82. The molecule has 3 heteroatoms. The third-order valence-corrected chi connectivity index (χ3v) is 3.94. The molecule has 0 aliphatic heterocycles. The molecule has 0 saturated heterocycles. The van der Waals surface area contributed by atoms with Gasteiger partial charge in [0.15, 0.2) is 0 Å². The Morgan fingerprint density at radius 2 is 1.76 bits per heavy atom.